The Morgan fingerprint density at radius 1 is 1.30 bits per heavy atom. The summed E-state index contributed by atoms with van der Waals surface area (Å²) in [5.41, 5.74) is 5.36. The first kappa shape index (κ1) is 18.6. The van der Waals surface area contributed by atoms with Crippen LogP contribution in [0.5, 0.6) is 0 Å². The number of hydrogen-bond acceptors (Lipinski definition) is 3. The van der Waals surface area contributed by atoms with Gasteiger partial charge in [-0.3, -0.25) is 9.59 Å². The van der Waals surface area contributed by atoms with E-state index in [1.807, 2.05) is 39.8 Å². The number of amides is 2. The average molecular weight is 284 g/mol. The first-order chi connectivity index (χ1) is 9.22. The van der Waals surface area contributed by atoms with Crippen molar-refractivity contribution in [3.63, 3.8) is 0 Å². The fraction of sp³-hybridized carbons (Fsp3) is 0.733. The lowest BCUT2D eigenvalue weighted by Crippen LogP contribution is -2.54. The van der Waals surface area contributed by atoms with Gasteiger partial charge in [0.05, 0.1) is 6.10 Å². The Bertz CT molecular complexity index is 353. The highest BCUT2D eigenvalue weighted by atomic mass is 16.3. The molecule has 0 aliphatic rings. The summed E-state index contributed by atoms with van der Waals surface area (Å²) in [5, 5.41) is 10.3. The molecule has 0 aromatic rings. The van der Waals surface area contributed by atoms with E-state index >= 15 is 0 Å². The molecule has 0 aliphatic heterocycles. The summed E-state index contributed by atoms with van der Waals surface area (Å²) in [6.45, 7) is 7.58. The van der Waals surface area contributed by atoms with Crippen molar-refractivity contribution in [3.8, 4) is 0 Å². The number of nitrogens with zero attached hydrogens (tertiary/aromatic N) is 1. The van der Waals surface area contributed by atoms with Gasteiger partial charge in [0.25, 0.3) is 0 Å². The Kier molecular flexibility index (Phi) is 8.15. The quantitative estimate of drug-likeness (QED) is 0.659. The SMILES string of the molecule is C/C=C/C[C@@H](C)C(O)C(C(N)=O)N(C)C(=O)CC(C)C. The third-order valence-corrected chi connectivity index (χ3v) is 3.34. The predicted molar refractivity (Wildman–Crippen MR) is 79.8 cm³/mol. The molecule has 2 unspecified atom stereocenters. The Morgan fingerprint density at radius 3 is 2.25 bits per heavy atom. The number of aliphatic hydroxyl groups excluding tert-OH is 1. The number of hydrogen-bond donors (Lipinski definition) is 2. The standard InChI is InChI=1S/C15H28N2O3/c1-6-7-8-11(4)14(19)13(15(16)20)17(5)12(18)9-10(2)3/h6-7,10-11,13-14,19H,8-9H2,1-5H3,(H2,16,20)/b7-6+/t11-,13?,14?/m1/s1. The molecular weight excluding hydrogens is 256 g/mol. The maximum absolute atomic E-state index is 12.0. The molecule has 0 saturated heterocycles. The van der Waals surface area contributed by atoms with Gasteiger partial charge in [0.2, 0.25) is 11.8 Å². The largest absolute Gasteiger partial charge is 0.390 e. The molecule has 0 rings (SSSR count). The summed E-state index contributed by atoms with van der Waals surface area (Å²) >= 11 is 0. The maximum Gasteiger partial charge on any atom is 0.242 e. The summed E-state index contributed by atoms with van der Waals surface area (Å²) in [7, 11) is 1.52. The van der Waals surface area contributed by atoms with Crippen LogP contribution in [0.15, 0.2) is 12.2 Å². The Labute approximate surface area is 121 Å². The molecule has 0 aromatic carbocycles. The van der Waals surface area contributed by atoms with Crippen LogP contribution in [-0.2, 0) is 9.59 Å². The molecule has 0 spiro atoms. The smallest absolute Gasteiger partial charge is 0.242 e. The van der Waals surface area contributed by atoms with Gasteiger partial charge in [-0.15, -0.1) is 0 Å². The van der Waals surface area contributed by atoms with Crippen molar-refractivity contribution in [1.82, 2.24) is 4.90 Å². The molecule has 0 heterocycles. The minimum Gasteiger partial charge on any atom is -0.390 e. The Hall–Kier alpha value is -1.36. The molecule has 2 amide bonds. The van der Waals surface area contributed by atoms with E-state index in [-0.39, 0.29) is 17.7 Å². The van der Waals surface area contributed by atoms with E-state index in [9.17, 15) is 14.7 Å². The van der Waals surface area contributed by atoms with Crippen molar-refractivity contribution in [2.45, 2.75) is 52.7 Å². The highest BCUT2D eigenvalue weighted by molar-refractivity contribution is 5.87. The van der Waals surface area contributed by atoms with Crippen LogP contribution in [0, 0.1) is 11.8 Å². The second-order valence-electron chi connectivity index (χ2n) is 5.72. The predicted octanol–water partition coefficient (Wildman–Crippen LogP) is 1.31. The molecule has 3 N–H and O–H groups in total. The average Bonchev–Trinajstić information content (AvgIpc) is 2.34. The lowest BCUT2D eigenvalue weighted by atomic mass is 9.93. The van der Waals surface area contributed by atoms with E-state index in [2.05, 4.69) is 0 Å². The van der Waals surface area contributed by atoms with Gasteiger partial charge in [-0.05, 0) is 25.2 Å². The monoisotopic (exact) mass is 284 g/mol. The van der Waals surface area contributed by atoms with Crippen LogP contribution in [0.3, 0.4) is 0 Å². The number of aliphatic hydroxyl groups is 1. The van der Waals surface area contributed by atoms with Gasteiger partial charge < -0.3 is 15.7 Å². The van der Waals surface area contributed by atoms with Crippen LogP contribution in [0.25, 0.3) is 0 Å². The summed E-state index contributed by atoms with van der Waals surface area (Å²) in [4.78, 5) is 24.9. The zero-order valence-electron chi connectivity index (χ0n) is 13.2. The van der Waals surface area contributed by atoms with E-state index in [0.29, 0.717) is 12.8 Å². The zero-order valence-corrected chi connectivity index (χ0v) is 13.2. The number of allylic oxidation sites excluding steroid dienone is 2. The fourth-order valence-electron chi connectivity index (χ4n) is 2.04. The van der Waals surface area contributed by atoms with Crippen LogP contribution in [-0.4, -0.2) is 41.0 Å². The topological polar surface area (TPSA) is 83.6 Å². The molecule has 0 fully saturated rings. The number of carbonyl (C=O) groups excluding carboxylic acids is 2. The third-order valence-electron chi connectivity index (χ3n) is 3.34. The number of carbonyl (C=O) groups is 2. The number of nitrogens with two attached hydrogens (primary N) is 1. The minimum atomic E-state index is -0.985. The van der Waals surface area contributed by atoms with Crippen LogP contribution >= 0.6 is 0 Å². The van der Waals surface area contributed by atoms with Crippen molar-refractivity contribution in [1.29, 1.82) is 0 Å². The van der Waals surface area contributed by atoms with E-state index in [1.165, 1.54) is 11.9 Å². The number of primary amides is 1. The summed E-state index contributed by atoms with van der Waals surface area (Å²) in [6, 6.07) is -0.985. The minimum absolute atomic E-state index is 0.155. The van der Waals surface area contributed by atoms with Crippen molar-refractivity contribution in [3.05, 3.63) is 12.2 Å². The second-order valence-corrected chi connectivity index (χ2v) is 5.72. The van der Waals surface area contributed by atoms with Crippen LogP contribution in [0.4, 0.5) is 0 Å². The van der Waals surface area contributed by atoms with Gasteiger partial charge >= 0.3 is 0 Å². The summed E-state index contributed by atoms with van der Waals surface area (Å²) < 4.78 is 0. The first-order valence-electron chi connectivity index (χ1n) is 7.06. The summed E-state index contributed by atoms with van der Waals surface area (Å²) in [6.07, 6.45) is 3.80. The molecule has 3 atom stereocenters. The highest BCUT2D eigenvalue weighted by Gasteiger charge is 2.34. The molecule has 0 saturated carbocycles. The zero-order chi connectivity index (χ0) is 15.9. The number of rotatable bonds is 8. The van der Waals surface area contributed by atoms with E-state index < -0.39 is 18.1 Å². The Balaban J connectivity index is 4.94. The van der Waals surface area contributed by atoms with Gasteiger partial charge in [-0.1, -0.05) is 32.9 Å². The van der Waals surface area contributed by atoms with E-state index in [1.54, 1.807) is 0 Å². The van der Waals surface area contributed by atoms with Gasteiger partial charge in [0, 0.05) is 13.5 Å². The lowest BCUT2D eigenvalue weighted by Gasteiger charge is -2.32. The van der Waals surface area contributed by atoms with Crippen LogP contribution in [0.1, 0.15) is 40.5 Å². The molecule has 116 valence electrons. The van der Waals surface area contributed by atoms with Crippen molar-refractivity contribution < 1.29 is 14.7 Å². The van der Waals surface area contributed by atoms with E-state index in [4.69, 9.17) is 5.73 Å². The second kappa shape index (κ2) is 8.74. The summed E-state index contributed by atoms with van der Waals surface area (Å²) in [5.74, 6) is -0.820. The molecule has 0 aliphatic carbocycles. The van der Waals surface area contributed by atoms with Crippen molar-refractivity contribution >= 4 is 11.8 Å². The molecule has 5 nitrogen and oxygen atoms in total. The normalized spacial score (nSPS) is 16.1. The van der Waals surface area contributed by atoms with Gasteiger partial charge in [-0.25, -0.2) is 0 Å². The van der Waals surface area contributed by atoms with Gasteiger partial charge in [0.1, 0.15) is 6.04 Å². The lowest BCUT2D eigenvalue weighted by molar-refractivity contribution is -0.143. The van der Waals surface area contributed by atoms with Crippen molar-refractivity contribution in [2.24, 2.45) is 17.6 Å². The third kappa shape index (κ3) is 5.74. The van der Waals surface area contributed by atoms with Gasteiger partial charge in [-0.2, -0.15) is 0 Å². The fourth-order valence-corrected chi connectivity index (χ4v) is 2.04. The molecule has 20 heavy (non-hydrogen) atoms. The Morgan fingerprint density at radius 2 is 1.85 bits per heavy atom. The molecule has 0 bridgehead atoms. The first-order valence-corrected chi connectivity index (χ1v) is 7.06. The van der Waals surface area contributed by atoms with Gasteiger partial charge in [0.15, 0.2) is 0 Å². The van der Waals surface area contributed by atoms with Crippen LogP contribution < -0.4 is 5.73 Å². The molecular formula is C15H28N2O3. The van der Waals surface area contributed by atoms with Crippen LogP contribution in [0.2, 0.25) is 0 Å². The molecule has 5 heteroatoms. The maximum atomic E-state index is 12.0. The molecule has 0 radical (unpaired) electrons. The highest BCUT2D eigenvalue weighted by Crippen LogP contribution is 2.17. The molecule has 0 aromatic heterocycles. The van der Waals surface area contributed by atoms with Crippen molar-refractivity contribution in [2.75, 3.05) is 7.05 Å². The van der Waals surface area contributed by atoms with E-state index in [0.717, 1.165) is 0 Å². The number of likely N-dealkylation sites (N-methyl/N-ethyl adjacent to an activating group) is 1.